The van der Waals surface area contributed by atoms with Gasteiger partial charge in [0, 0.05) is 15.0 Å². The van der Waals surface area contributed by atoms with E-state index in [2.05, 4.69) is 31.9 Å². The second-order valence-electron chi connectivity index (χ2n) is 4.62. The highest BCUT2D eigenvalue weighted by molar-refractivity contribution is 9.11. The Balaban J connectivity index is 2.15. The van der Waals surface area contributed by atoms with Gasteiger partial charge >= 0.3 is 5.97 Å². The molecule has 2 aromatic carbocycles. The summed E-state index contributed by atoms with van der Waals surface area (Å²) in [5.41, 5.74) is -0.324. The van der Waals surface area contributed by atoms with Crippen LogP contribution in [-0.4, -0.2) is 11.1 Å². The van der Waals surface area contributed by atoms with Gasteiger partial charge in [0.15, 0.2) is 5.43 Å². The van der Waals surface area contributed by atoms with Gasteiger partial charge in [0.25, 0.3) is 0 Å². The van der Waals surface area contributed by atoms with Crippen LogP contribution in [-0.2, 0) is 0 Å². The van der Waals surface area contributed by atoms with E-state index in [1.807, 2.05) is 6.07 Å². The largest absolute Gasteiger partial charge is 0.475 e. The van der Waals surface area contributed by atoms with Crippen LogP contribution in [0.3, 0.4) is 0 Å². The standard InChI is InChI=1S/C16H8Br2O5/c17-8-4-9(18)6-10(5-8)22-12-2-1-3-13-15(12)11(19)7-14(23-13)16(20)21/h1-7H,(H,20,21). The molecule has 0 saturated carbocycles. The maximum Gasteiger partial charge on any atom is 0.371 e. The first kappa shape index (κ1) is 15.8. The Labute approximate surface area is 146 Å². The molecule has 0 aliphatic rings. The molecule has 0 amide bonds. The highest BCUT2D eigenvalue weighted by Gasteiger charge is 2.14. The van der Waals surface area contributed by atoms with Gasteiger partial charge in [-0.05, 0) is 30.3 Å². The number of carbonyl (C=O) groups is 1. The summed E-state index contributed by atoms with van der Waals surface area (Å²) in [6, 6.07) is 11.0. The normalized spacial score (nSPS) is 10.7. The zero-order chi connectivity index (χ0) is 16.6. The molecule has 3 rings (SSSR count). The number of hydrogen-bond donors (Lipinski definition) is 1. The van der Waals surface area contributed by atoms with Crippen molar-refractivity contribution in [2.75, 3.05) is 0 Å². The second kappa shape index (κ2) is 6.17. The van der Waals surface area contributed by atoms with Gasteiger partial charge < -0.3 is 14.3 Å². The third-order valence-electron chi connectivity index (χ3n) is 2.99. The third-order valence-corrected chi connectivity index (χ3v) is 3.91. The fourth-order valence-corrected chi connectivity index (χ4v) is 3.33. The van der Waals surface area contributed by atoms with Gasteiger partial charge in [-0.25, -0.2) is 4.79 Å². The summed E-state index contributed by atoms with van der Waals surface area (Å²) in [4.78, 5) is 23.2. The molecule has 1 heterocycles. The maximum atomic E-state index is 12.2. The number of hydrogen-bond acceptors (Lipinski definition) is 4. The minimum atomic E-state index is -1.30. The first-order valence-corrected chi connectivity index (χ1v) is 7.97. The van der Waals surface area contributed by atoms with Crippen LogP contribution in [0, 0.1) is 0 Å². The third kappa shape index (κ3) is 3.30. The summed E-state index contributed by atoms with van der Waals surface area (Å²) in [6.07, 6.45) is 0. The Morgan fingerprint density at radius 3 is 2.43 bits per heavy atom. The molecular weight excluding hydrogens is 432 g/mol. The lowest BCUT2D eigenvalue weighted by molar-refractivity contribution is 0.0663. The van der Waals surface area contributed by atoms with Crippen LogP contribution >= 0.6 is 31.9 Å². The number of ether oxygens (including phenoxy) is 1. The van der Waals surface area contributed by atoms with Crippen LogP contribution < -0.4 is 10.2 Å². The lowest BCUT2D eigenvalue weighted by atomic mass is 10.2. The number of carboxylic acid groups (broad SMARTS) is 1. The molecule has 0 saturated heterocycles. The smallest absolute Gasteiger partial charge is 0.371 e. The Kier molecular flexibility index (Phi) is 4.23. The van der Waals surface area contributed by atoms with Crippen molar-refractivity contribution in [2.24, 2.45) is 0 Å². The SMILES string of the molecule is O=C(O)c1cc(=O)c2c(Oc3cc(Br)cc(Br)c3)cccc2o1. The van der Waals surface area contributed by atoms with Gasteiger partial charge in [0.05, 0.1) is 0 Å². The van der Waals surface area contributed by atoms with Gasteiger partial charge in [0.1, 0.15) is 22.5 Å². The van der Waals surface area contributed by atoms with Gasteiger partial charge in [-0.3, -0.25) is 4.79 Å². The molecule has 1 aromatic heterocycles. The Bertz CT molecular complexity index is 958. The van der Waals surface area contributed by atoms with Crippen molar-refractivity contribution < 1.29 is 19.1 Å². The van der Waals surface area contributed by atoms with Gasteiger partial charge in [0.2, 0.25) is 5.76 Å². The average molecular weight is 440 g/mol. The van der Waals surface area contributed by atoms with E-state index in [0.29, 0.717) is 5.75 Å². The first-order valence-electron chi connectivity index (χ1n) is 6.38. The van der Waals surface area contributed by atoms with Crippen LogP contribution in [0.15, 0.2) is 60.6 Å². The van der Waals surface area contributed by atoms with E-state index >= 15 is 0 Å². The van der Waals surface area contributed by atoms with Crippen molar-refractivity contribution in [2.45, 2.75) is 0 Å². The van der Waals surface area contributed by atoms with Crippen LogP contribution in [0.4, 0.5) is 0 Å². The highest BCUT2D eigenvalue weighted by Crippen LogP contribution is 2.32. The number of carboxylic acids is 1. The van der Waals surface area contributed by atoms with Gasteiger partial charge in [-0.2, -0.15) is 0 Å². The zero-order valence-corrected chi connectivity index (χ0v) is 14.5. The predicted molar refractivity (Wildman–Crippen MR) is 91.4 cm³/mol. The van der Waals surface area contributed by atoms with Gasteiger partial charge in [-0.1, -0.05) is 37.9 Å². The summed E-state index contributed by atoms with van der Waals surface area (Å²) in [5, 5.41) is 9.15. The highest BCUT2D eigenvalue weighted by atomic mass is 79.9. The van der Waals surface area contributed by atoms with Crippen molar-refractivity contribution in [1.29, 1.82) is 0 Å². The summed E-state index contributed by atoms with van der Waals surface area (Å²) in [6.45, 7) is 0. The molecule has 5 nitrogen and oxygen atoms in total. The van der Waals surface area contributed by atoms with Crippen molar-refractivity contribution in [3.63, 3.8) is 0 Å². The molecule has 23 heavy (non-hydrogen) atoms. The molecule has 3 aromatic rings. The second-order valence-corrected chi connectivity index (χ2v) is 6.45. The predicted octanol–water partition coefficient (Wildman–Crippen LogP) is 4.81. The number of benzene rings is 2. The van der Waals surface area contributed by atoms with Crippen LogP contribution in [0.1, 0.15) is 10.6 Å². The van der Waals surface area contributed by atoms with Crippen molar-refractivity contribution in [3.05, 3.63) is 67.4 Å². The summed E-state index contributed by atoms with van der Waals surface area (Å²) < 4.78 is 12.6. The first-order chi connectivity index (χ1) is 10.9. The molecule has 116 valence electrons. The van der Waals surface area contributed by atoms with E-state index < -0.39 is 17.2 Å². The fraction of sp³-hybridized carbons (Fsp3) is 0. The van der Waals surface area contributed by atoms with Crippen molar-refractivity contribution >= 4 is 48.8 Å². The van der Waals surface area contributed by atoms with Crippen molar-refractivity contribution in [3.8, 4) is 11.5 Å². The van der Waals surface area contributed by atoms with Crippen molar-refractivity contribution in [1.82, 2.24) is 0 Å². The van der Waals surface area contributed by atoms with E-state index in [9.17, 15) is 9.59 Å². The minimum absolute atomic E-state index is 0.154. The Morgan fingerprint density at radius 1 is 1.09 bits per heavy atom. The van der Waals surface area contributed by atoms with Crippen LogP contribution in [0.5, 0.6) is 11.5 Å². The lowest BCUT2D eigenvalue weighted by Gasteiger charge is -2.09. The Morgan fingerprint density at radius 2 is 1.78 bits per heavy atom. The monoisotopic (exact) mass is 438 g/mol. The van der Waals surface area contributed by atoms with E-state index in [0.717, 1.165) is 15.0 Å². The van der Waals surface area contributed by atoms with E-state index in [-0.39, 0.29) is 16.7 Å². The van der Waals surface area contributed by atoms with Crippen LogP contribution in [0.2, 0.25) is 0 Å². The summed E-state index contributed by atoms with van der Waals surface area (Å²) in [7, 11) is 0. The number of halogens is 2. The van der Waals surface area contributed by atoms with E-state index in [1.54, 1.807) is 24.3 Å². The zero-order valence-electron chi connectivity index (χ0n) is 11.4. The minimum Gasteiger partial charge on any atom is -0.475 e. The molecule has 7 heteroatoms. The number of fused-ring (bicyclic) bond motifs is 1. The molecule has 0 unspecified atom stereocenters. The Hall–Kier alpha value is -2.12. The van der Waals surface area contributed by atoms with E-state index in [4.69, 9.17) is 14.3 Å². The molecule has 0 aliphatic carbocycles. The molecule has 0 aliphatic heterocycles. The quantitative estimate of drug-likeness (QED) is 0.633. The molecule has 0 fully saturated rings. The summed E-state index contributed by atoms with van der Waals surface area (Å²) in [5.74, 6) is -0.908. The molecule has 0 radical (unpaired) electrons. The molecule has 0 atom stereocenters. The maximum absolute atomic E-state index is 12.2. The molecule has 0 bridgehead atoms. The van der Waals surface area contributed by atoms with E-state index in [1.165, 1.54) is 6.07 Å². The fourth-order valence-electron chi connectivity index (χ4n) is 2.08. The number of rotatable bonds is 3. The lowest BCUT2D eigenvalue weighted by Crippen LogP contribution is -2.07. The average Bonchev–Trinajstić information content (AvgIpc) is 2.45. The van der Waals surface area contributed by atoms with Crippen LogP contribution in [0.25, 0.3) is 11.0 Å². The summed E-state index contributed by atoms with van der Waals surface area (Å²) >= 11 is 6.72. The molecule has 1 N–H and O–H groups in total. The molecular formula is C16H8Br2O5. The molecule has 0 spiro atoms. The van der Waals surface area contributed by atoms with Gasteiger partial charge in [-0.15, -0.1) is 0 Å². The topological polar surface area (TPSA) is 76.7 Å². The number of aromatic carboxylic acids is 1.